The molecule has 94 valence electrons. The number of carbonyl (C=O) groups is 1. The summed E-state index contributed by atoms with van der Waals surface area (Å²) in [5, 5.41) is 5.85. The molecule has 0 radical (unpaired) electrons. The number of piperazine rings is 1. The second-order valence-corrected chi connectivity index (χ2v) is 4.22. The van der Waals surface area contributed by atoms with Crippen LogP contribution in [0.5, 0.6) is 0 Å². The standard InChI is InChI=1S/C12H12FN3O2/c13-7-1-2-8-10(5-7)18-11(16-8)6-9-12(17)15-4-3-14-9/h1-2,5,9,14H,3-4,6H2,(H,15,17). The molecule has 1 aliphatic rings. The normalized spacial score (nSPS) is 20.1. The molecular weight excluding hydrogens is 237 g/mol. The molecule has 1 fully saturated rings. The summed E-state index contributed by atoms with van der Waals surface area (Å²) in [7, 11) is 0. The molecule has 3 rings (SSSR count). The molecule has 0 saturated carbocycles. The highest BCUT2D eigenvalue weighted by molar-refractivity contribution is 5.82. The van der Waals surface area contributed by atoms with Gasteiger partial charge in [-0.1, -0.05) is 0 Å². The Hall–Kier alpha value is -1.95. The summed E-state index contributed by atoms with van der Waals surface area (Å²) in [6.07, 6.45) is 0.363. The van der Waals surface area contributed by atoms with Gasteiger partial charge in [0.1, 0.15) is 11.3 Å². The number of hydrogen-bond donors (Lipinski definition) is 2. The van der Waals surface area contributed by atoms with Gasteiger partial charge in [0.15, 0.2) is 11.5 Å². The molecule has 2 N–H and O–H groups in total. The highest BCUT2D eigenvalue weighted by Gasteiger charge is 2.23. The van der Waals surface area contributed by atoms with E-state index in [9.17, 15) is 9.18 Å². The lowest BCUT2D eigenvalue weighted by Gasteiger charge is -2.22. The van der Waals surface area contributed by atoms with Crippen LogP contribution in [-0.2, 0) is 11.2 Å². The number of nitrogens with zero attached hydrogens (tertiary/aromatic N) is 1. The summed E-state index contributed by atoms with van der Waals surface area (Å²) in [6, 6.07) is 3.85. The number of rotatable bonds is 2. The lowest BCUT2D eigenvalue weighted by Crippen LogP contribution is -2.53. The lowest BCUT2D eigenvalue weighted by molar-refractivity contribution is -0.124. The van der Waals surface area contributed by atoms with Crippen LogP contribution in [-0.4, -0.2) is 30.0 Å². The Labute approximate surface area is 102 Å². The molecule has 1 unspecified atom stereocenters. The van der Waals surface area contributed by atoms with Gasteiger partial charge in [-0.15, -0.1) is 0 Å². The van der Waals surface area contributed by atoms with Gasteiger partial charge in [0.05, 0.1) is 6.04 Å². The molecule has 1 aromatic heterocycles. The third-order valence-electron chi connectivity index (χ3n) is 2.90. The molecule has 0 spiro atoms. The third kappa shape index (κ3) is 2.06. The molecule has 5 nitrogen and oxygen atoms in total. The second-order valence-electron chi connectivity index (χ2n) is 4.22. The summed E-state index contributed by atoms with van der Waals surface area (Å²) in [6.45, 7) is 1.36. The molecule has 0 aliphatic carbocycles. The number of oxazole rings is 1. The first kappa shape index (κ1) is 11.2. The summed E-state index contributed by atoms with van der Waals surface area (Å²) in [5.74, 6) is 0.0126. The van der Waals surface area contributed by atoms with Crippen molar-refractivity contribution in [3.05, 3.63) is 29.9 Å². The van der Waals surface area contributed by atoms with E-state index in [1.165, 1.54) is 12.1 Å². The van der Waals surface area contributed by atoms with Gasteiger partial charge in [-0.05, 0) is 12.1 Å². The maximum atomic E-state index is 13.0. The van der Waals surface area contributed by atoms with Crippen molar-refractivity contribution < 1.29 is 13.6 Å². The van der Waals surface area contributed by atoms with Crippen molar-refractivity contribution in [2.45, 2.75) is 12.5 Å². The van der Waals surface area contributed by atoms with E-state index in [1.807, 2.05) is 0 Å². The minimum absolute atomic E-state index is 0.0605. The zero-order valence-corrected chi connectivity index (χ0v) is 9.57. The molecule has 2 aromatic rings. The number of hydrogen-bond acceptors (Lipinski definition) is 4. The fourth-order valence-corrected chi connectivity index (χ4v) is 2.02. The smallest absolute Gasteiger partial charge is 0.237 e. The van der Waals surface area contributed by atoms with E-state index in [4.69, 9.17) is 4.42 Å². The number of nitrogens with one attached hydrogen (secondary N) is 2. The Bertz CT molecular complexity index is 596. The van der Waals surface area contributed by atoms with Crippen LogP contribution in [0.1, 0.15) is 5.89 Å². The monoisotopic (exact) mass is 249 g/mol. The lowest BCUT2D eigenvalue weighted by atomic mass is 10.1. The minimum Gasteiger partial charge on any atom is -0.441 e. The van der Waals surface area contributed by atoms with Crippen molar-refractivity contribution in [2.75, 3.05) is 13.1 Å². The molecule has 18 heavy (non-hydrogen) atoms. The number of halogens is 1. The third-order valence-corrected chi connectivity index (χ3v) is 2.90. The molecule has 6 heteroatoms. The van der Waals surface area contributed by atoms with Gasteiger partial charge in [0.25, 0.3) is 0 Å². The fourth-order valence-electron chi connectivity index (χ4n) is 2.02. The fraction of sp³-hybridized carbons (Fsp3) is 0.333. The molecule has 1 aliphatic heterocycles. The van der Waals surface area contributed by atoms with Crippen LogP contribution in [0.25, 0.3) is 11.1 Å². The zero-order valence-electron chi connectivity index (χ0n) is 9.57. The van der Waals surface area contributed by atoms with Gasteiger partial charge in [0.2, 0.25) is 5.91 Å². The Morgan fingerprint density at radius 1 is 1.44 bits per heavy atom. The van der Waals surface area contributed by atoms with Crippen LogP contribution < -0.4 is 10.6 Å². The SMILES string of the molecule is O=C1NCCNC1Cc1nc2ccc(F)cc2o1. The topological polar surface area (TPSA) is 67.2 Å². The van der Waals surface area contributed by atoms with Crippen LogP contribution in [0, 0.1) is 5.82 Å². The van der Waals surface area contributed by atoms with Crippen LogP contribution in [0.15, 0.2) is 22.6 Å². The average Bonchev–Trinajstić information content (AvgIpc) is 2.73. The zero-order chi connectivity index (χ0) is 12.5. The maximum absolute atomic E-state index is 13.0. The van der Waals surface area contributed by atoms with Gasteiger partial charge in [-0.2, -0.15) is 0 Å². The average molecular weight is 249 g/mol. The molecule has 0 bridgehead atoms. The quantitative estimate of drug-likeness (QED) is 0.817. The Balaban J connectivity index is 1.84. The Morgan fingerprint density at radius 2 is 2.33 bits per heavy atom. The van der Waals surface area contributed by atoms with E-state index >= 15 is 0 Å². The first-order valence-corrected chi connectivity index (χ1v) is 5.78. The van der Waals surface area contributed by atoms with Gasteiger partial charge >= 0.3 is 0 Å². The molecule has 1 aromatic carbocycles. The first-order chi connectivity index (χ1) is 8.72. The number of aromatic nitrogens is 1. The number of amides is 1. The minimum atomic E-state index is -0.362. The second kappa shape index (κ2) is 4.38. The number of benzene rings is 1. The van der Waals surface area contributed by atoms with Gasteiger partial charge in [-0.3, -0.25) is 4.79 Å². The van der Waals surface area contributed by atoms with Crippen LogP contribution in [0.3, 0.4) is 0 Å². The predicted octanol–water partition coefficient (Wildman–Crippen LogP) is 0.597. The van der Waals surface area contributed by atoms with E-state index in [-0.39, 0.29) is 17.8 Å². The van der Waals surface area contributed by atoms with Crippen molar-refractivity contribution in [2.24, 2.45) is 0 Å². The molecule has 1 atom stereocenters. The van der Waals surface area contributed by atoms with Crippen molar-refractivity contribution in [3.63, 3.8) is 0 Å². The van der Waals surface area contributed by atoms with E-state index in [2.05, 4.69) is 15.6 Å². The predicted molar refractivity (Wildman–Crippen MR) is 62.5 cm³/mol. The summed E-state index contributed by atoms with van der Waals surface area (Å²) >= 11 is 0. The van der Waals surface area contributed by atoms with Crippen molar-refractivity contribution in [3.8, 4) is 0 Å². The van der Waals surface area contributed by atoms with E-state index in [1.54, 1.807) is 6.07 Å². The van der Waals surface area contributed by atoms with Crippen molar-refractivity contribution in [1.82, 2.24) is 15.6 Å². The summed E-state index contributed by atoms with van der Waals surface area (Å²) < 4.78 is 18.4. The summed E-state index contributed by atoms with van der Waals surface area (Å²) in [5.41, 5.74) is 1.00. The van der Waals surface area contributed by atoms with E-state index < -0.39 is 0 Å². The Kier molecular flexibility index (Phi) is 2.71. The van der Waals surface area contributed by atoms with Gasteiger partial charge in [-0.25, -0.2) is 9.37 Å². The summed E-state index contributed by atoms with van der Waals surface area (Å²) in [4.78, 5) is 15.8. The number of fused-ring (bicyclic) bond motifs is 1. The van der Waals surface area contributed by atoms with Crippen molar-refractivity contribution in [1.29, 1.82) is 0 Å². The first-order valence-electron chi connectivity index (χ1n) is 5.78. The van der Waals surface area contributed by atoms with Crippen molar-refractivity contribution >= 4 is 17.0 Å². The molecule has 2 heterocycles. The Morgan fingerprint density at radius 3 is 3.17 bits per heavy atom. The van der Waals surface area contributed by atoms with Crippen LogP contribution in [0.4, 0.5) is 4.39 Å². The molecular formula is C12H12FN3O2. The van der Waals surface area contributed by atoms with Crippen LogP contribution in [0.2, 0.25) is 0 Å². The highest BCUT2D eigenvalue weighted by Crippen LogP contribution is 2.17. The largest absolute Gasteiger partial charge is 0.441 e. The number of carbonyl (C=O) groups excluding carboxylic acids is 1. The van der Waals surface area contributed by atoms with Gasteiger partial charge in [0, 0.05) is 25.6 Å². The highest BCUT2D eigenvalue weighted by atomic mass is 19.1. The molecule has 1 amide bonds. The van der Waals surface area contributed by atoms with E-state index in [0.29, 0.717) is 30.0 Å². The van der Waals surface area contributed by atoms with Gasteiger partial charge < -0.3 is 15.1 Å². The van der Waals surface area contributed by atoms with Crippen LogP contribution >= 0.6 is 0 Å². The molecule has 1 saturated heterocycles. The maximum Gasteiger partial charge on any atom is 0.237 e. The van der Waals surface area contributed by atoms with E-state index in [0.717, 1.165) is 6.54 Å².